The molecule has 1 atom stereocenters. The molecule has 1 heterocycles. The molecule has 6 nitrogen and oxygen atoms in total. The molecule has 1 aromatic heterocycles. The van der Waals surface area contributed by atoms with Gasteiger partial charge in [-0.25, -0.2) is 18.2 Å². The van der Waals surface area contributed by atoms with E-state index in [9.17, 15) is 13.2 Å². The minimum atomic E-state index is -4.02. The number of hydrogen-bond donors (Lipinski definition) is 0. The van der Waals surface area contributed by atoms with Crippen molar-refractivity contribution in [3.63, 3.8) is 0 Å². The van der Waals surface area contributed by atoms with Gasteiger partial charge >= 0.3 is 5.97 Å². The normalized spacial score (nSPS) is 12.2. The molecule has 4 aromatic carbocycles. The van der Waals surface area contributed by atoms with E-state index in [2.05, 4.69) is 4.98 Å². The Bertz CT molecular complexity index is 1730. The van der Waals surface area contributed by atoms with E-state index in [-0.39, 0.29) is 34.4 Å². The van der Waals surface area contributed by atoms with Crippen LogP contribution >= 0.6 is 23.2 Å². The highest BCUT2D eigenvalue weighted by Gasteiger charge is 2.36. The van der Waals surface area contributed by atoms with Gasteiger partial charge in [0, 0.05) is 15.6 Å². The van der Waals surface area contributed by atoms with Gasteiger partial charge in [0.1, 0.15) is 10.9 Å². The van der Waals surface area contributed by atoms with E-state index in [1.165, 1.54) is 0 Å². The van der Waals surface area contributed by atoms with Crippen LogP contribution in [0.2, 0.25) is 10.0 Å². The minimum Gasteiger partial charge on any atom is -0.454 e. The van der Waals surface area contributed by atoms with E-state index >= 15 is 0 Å². The lowest BCUT2D eigenvalue weighted by Gasteiger charge is -2.18. The number of aromatic nitrogens is 1. The van der Waals surface area contributed by atoms with Crippen LogP contribution in [0.25, 0.3) is 11.5 Å². The van der Waals surface area contributed by atoms with Crippen molar-refractivity contribution >= 4 is 39.0 Å². The topological polar surface area (TPSA) is 86.5 Å². The maximum atomic E-state index is 14.2. The average Bonchev–Trinajstić information content (AvgIpc) is 3.36. The molecular weight excluding hydrogens is 569 g/mol. The number of oxazole rings is 1. The molecule has 5 rings (SSSR count). The van der Waals surface area contributed by atoms with Crippen molar-refractivity contribution in [3.8, 4) is 11.5 Å². The number of carbonyl (C=O) groups excluding carboxylic acids is 1. The van der Waals surface area contributed by atoms with Crippen molar-refractivity contribution in [1.29, 1.82) is 0 Å². The molecule has 0 N–H and O–H groups in total. The molecular formula is C31H23Cl2NO5S. The summed E-state index contributed by atoms with van der Waals surface area (Å²) in [5.41, 5.74) is 2.41. The van der Waals surface area contributed by atoms with Gasteiger partial charge in [0.25, 0.3) is 0 Å². The van der Waals surface area contributed by atoms with E-state index in [4.69, 9.17) is 32.4 Å². The molecule has 0 aliphatic carbocycles. The highest BCUT2D eigenvalue weighted by molar-refractivity contribution is 7.91. The van der Waals surface area contributed by atoms with E-state index in [0.717, 1.165) is 5.56 Å². The Kier molecular flexibility index (Phi) is 8.07. The zero-order valence-corrected chi connectivity index (χ0v) is 23.6. The van der Waals surface area contributed by atoms with E-state index in [1.54, 1.807) is 103 Å². The van der Waals surface area contributed by atoms with Gasteiger partial charge in [-0.05, 0) is 73.2 Å². The number of sulfone groups is 1. The van der Waals surface area contributed by atoms with Crippen LogP contribution in [0.5, 0.6) is 0 Å². The lowest BCUT2D eigenvalue weighted by atomic mass is 10.1. The standard InChI is InChI=1S/C31H23Cl2NO5S/c1-20-7-17-26(18-8-20)40(36,37)29(21-5-3-2-4-6-21)28-27(19-38-31(35)23-11-15-25(33)16-12-23)39-30(34-28)22-9-13-24(32)14-10-22/h2-18,29H,19H2,1H3. The summed E-state index contributed by atoms with van der Waals surface area (Å²) < 4.78 is 40.0. The molecule has 40 heavy (non-hydrogen) atoms. The molecule has 0 saturated heterocycles. The van der Waals surface area contributed by atoms with Crippen LogP contribution in [0.15, 0.2) is 112 Å². The first kappa shape index (κ1) is 27.6. The van der Waals surface area contributed by atoms with Gasteiger partial charge in [0.2, 0.25) is 5.89 Å². The fourth-order valence-corrected chi connectivity index (χ4v) is 6.20. The molecule has 0 amide bonds. The molecule has 0 spiro atoms. The van der Waals surface area contributed by atoms with Crippen LogP contribution in [-0.4, -0.2) is 19.4 Å². The van der Waals surface area contributed by atoms with Gasteiger partial charge in [-0.2, -0.15) is 0 Å². The Hall–Kier alpha value is -3.91. The number of ether oxygens (including phenoxy) is 1. The first-order chi connectivity index (χ1) is 19.2. The molecule has 0 saturated carbocycles. The van der Waals surface area contributed by atoms with Crippen LogP contribution in [0.1, 0.15) is 38.2 Å². The predicted octanol–water partition coefficient (Wildman–Crippen LogP) is 7.88. The molecule has 0 radical (unpaired) electrons. The Balaban J connectivity index is 1.62. The van der Waals surface area contributed by atoms with Crippen LogP contribution in [0.4, 0.5) is 0 Å². The van der Waals surface area contributed by atoms with Gasteiger partial charge in [-0.1, -0.05) is 71.2 Å². The number of carbonyl (C=O) groups is 1. The Labute approximate surface area is 242 Å². The molecule has 9 heteroatoms. The quantitative estimate of drug-likeness (QED) is 0.171. The third-order valence-corrected chi connectivity index (χ3v) is 8.79. The summed E-state index contributed by atoms with van der Waals surface area (Å²) in [5, 5.41) is -0.226. The first-order valence-corrected chi connectivity index (χ1v) is 14.6. The molecule has 0 fully saturated rings. The summed E-state index contributed by atoms with van der Waals surface area (Å²) in [7, 11) is -4.02. The van der Waals surface area contributed by atoms with Crippen LogP contribution < -0.4 is 0 Å². The van der Waals surface area contributed by atoms with Crippen molar-refractivity contribution in [2.45, 2.75) is 23.7 Å². The SMILES string of the molecule is Cc1ccc(S(=O)(=O)C(c2ccccc2)c2nc(-c3ccc(Cl)cc3)oc2COC(=O)c2ccc(Cl)cc2)cc1. The summed E-state index contributed by atoms with van der Waals surface area (Å²) in [6.45, 7) is 1.54. The second-order valence-electron chi connectivity index (χ2n) is 9.07. The van der Waals surface area contributed by atoms with E-state index < -0.39 is 21.1 Å². The average molecular weight is 593 g/mol. The smallest absolute Gasteiger partial charge is 0.338 e. The van der Waals surface area contributed by atoms with Crippen molar-refractivity contribution in [2.75, 3.05) is 0 Å². The van der Waals surface area contributed by atoms with Gasteiger partial charge in [0.05, 0.1) is 10.5 Å². The number of aryl methyl sites for hydroxylation is 1. The highest BCUT2D eigenvalue weighted by Crippen LogP contribution is 2.38. The monoisotopic (exact) mass is 591 g/mol. The zero-order valence-electron chi connectivity index (χ0n) is 21.3. The molecule has 0 bridgehead atoms. The second kappa shape index (κ2) is 11.7. The minimum absolute atomic E-state index is 0.108. The third-order valence-electron chi connectivity index (χ3n) is 6.24. The zero-order chi connectivity index (χ0) is 28.3. The third kappa shape index (κ3) is 5.97. The van der Waals surface area contributed by atoms with Crippen LogP contribution in [0.3, 0.4) is 0 Å². The maximum Gasteiger partial charge on any atom is 0.338 e. The van der Waals surface area contributed by atoms with Crippen LogP contribution in [-0.2, 0) is 21.2 Å². The number of halogens is 2. The molecule has 0 aliphatic heterocycles. The van der Waals surface area contributed by atoms with E-state index in [1.807, 2.05) is 6.92 Å². The molecule has 202 valence electrons. The van der Waals surface area contributed by atoms with Gasteiger partial charge < -0.3 is 9.15 Å². The number of rotatable bonds is 8. The summed E-state index contributed by atoms with van der Waals surface area (Å²) in [4.78, 5) is 17.6. The van der Waals surface area contributed by atoms with Crippen molar-refractivity contribution in [2.24, 2.45) is 0 Å². The van der Waals surface area contributed by atoms with Gasteiger partial charge in [0.15, 0.2) is 22.2 Å². The van der Waals surface area contributed by atoms with Crippen molar-refractivity contribution in [1.82, 2.24) is 4.98 Å². The summed E-state index contributed by atoms with van der Waals surface area (Å²) in [5.74, 6) is -0.342. The summed E-state index contributed by atoms with van der Waals surface area (Å²) in [6.07, 6.45) is 0. The van der Waals surface area contributed by atoms with Gasteiger partial charge in [-0.3, -0.25) is 0 Å². The summed E-state index contributed by atoms with van der Waals surface area (Å²) in [6, 6.07) is 28.4. The molecule has 1 unspecified atom stereocenters. The second-order valence-corrected chi connectivity index (χ2v) is 12.0. The Morgan fingerprint density at radius 1 is 0.850 bits per heavy atom. The first-order valence-electron chi connectivity index (χ1n) is 12.3. The number of hydrogen-bond acceptors (Lipinski definition) is 6. The Morgan fingerprint density at radius 2 is 1.45 bits per heavy atom. The van der Waals surface area contributed by atoms with Gasteiger partial charge in [-0.15, -0.1) is 0 Å². The largest absolute Gasteiger partial charge is 0.454 e. The molecule has 5 aromatic rings. The summed E-state index contributed by atoms with van der Waals surface area (Å²) >= 11 is 12.0. The van der Waals surface area contributed by atoms with Crippen molar-refractivity contribution < 1.29 is 22.4 Å². The van der Waals surface area contributed by atoms with E-state index in [0.29, 0.717) is 21.2 Å². The predicted molar refractivity (Wildman–Crippen MR) is 154 cm³/mol. The fourth-order valence-electron chi connectivity index (χ4n) is 4.16. The number of nitrogens with zero attached hydrogens (tertiary/aromatic N) is 1. The lowest BCUT2D eigenvalue weighted by Crippen LogP contribution is -2.18. The van der Waals surface area contributed by atoms with Crippen LogP contribution in [0, 0.1) is 6.92 Å². The lowest BCUT2D eigenvalue weighted by molar-refractivity contribution is 0.0445. The Morgan fingerprint density at radius 3 is 2.08 bits per heavy atom. The molecule has 0 aliphatic rings. The maximum absolute atomic E-state index is 14.2. The van der Waals surface area contributed by atoms with Crippen molar-refractivity contribution in [3.05, 3.63) is 141 Å². The number of benzene rings is 4. The highest BCUT2D eigenvalue weighted by atomic mass is 35.5. The number of esters is 1. The fraction of sp³-hybridized carbons (Fsp3) is 0.0968.